The van der Waals surface area contributed by atoms with E-state index in [2.05, 4.69) is 45.0 Å². The Morgan fingerprint density at radius 3 is 2.41 bits per heavy atom. The molecule has 2 heterocycles. The molecule has 0 bridgehead atoms. The predicted octanol–water partition coefficient (Wildman–Crippen LogP) is 6.03. The fourth-order valence-corrected chi connectivity index (χ4v) is 4.59. The third-order valence-electron chi connectivity index (χ3n) is 5.33. The molecule has 0 unspecified atom stereocenters. The van der Waals surface area contributed by atoms with E-state index in [-0.39, 0.29) is 10.6 Å². The molecule has 0 N–H and O–H groups in total. The zero-order valence-electron chi connectivity index (χ0n) is 18.1. The molecule has 1 aliphatic heterocycles. The third-order valence-corrected chi connectivity index (χ3v) is 6.60. The van der Waals surface area contributed by atoms with Gasteiger partial charge in [-0.3, -0.25) is 4.57 Å². The van der Waals surface area contributed by atoms with Crippen molar-refractivity contribution < 1.29 is 12.6 Å². The van der Waals surface area contributed by atoms with Crippen LogP contribution in [-0.4, -0.2) is 23.2 Å². The molecule has 5 rings (SSSR count). The second-order valence-corrected chi connectivity index (χ2v) is 9.10. The van der Waals surface area contributed by atoms with Crippen LogP contribution in [0.1, 0.15) is 16.7 Å². The number of nitrogens with zero attached hydrogens (tertiary/aromatic N) is 4. The molecule has 1 aromatic heterocycles. The van der Waals surface area contributed by atoms with Crippen LogP contribution < -0.4 is 9.08 Å². The smallest absolute Gasteiger partial charge is 0.339 e. The average molecular weight is 604 g/mol. The van der Waals surface area contributed by atoms with Crippen LogP contribution in [0, 0.1) is 6.92 Å². The SMILES string of the molecule is BrBr.C=C1c2cc(OS(=O)(=O)c3ccc(C)cc3)ccc2-n2cnnc2N1Cc1ccccc1. The summed E-state index contributed by atoms with van der Waals surface area (Å²) in [5.74, 6) is 0.856. The van der Waals surface area contributed by atoms with Crippen molar-refractivity contribution in [2.75, 3.05) is 4.90 Å². The number of aryl methyl sites for hydroxylation is 1. The lowest BCUT2D eigenvalue weighted by atomic mass is 10.1. The van der Waals surface area contributed by atoms with Gasteiger partial charge in [-0.05, 0) is 42.8 Å². The van der Waals surface area contributed by atoms with E-state index in [9.17, 15) is 8.42 Å². The van der Waals surface area contributed by atoms with Gasteiger partial charge in [0.25, 0.3) is 0 Å². The van der Waals surface area contributed by atoms with E-state index in [1.807, 2.05) is 46.7 Å². The maximum Gasteiger partial charge on any atom is 0.339 e. The lowest BCUT2D eigenvalue weighted by Crippen LogP contribution is -2.28. The molecule has 174 valence electrons. The van der Waals surface area contributed by atoms with Crippen molar-refractivity contribution in [2.45, 2.75) is 18.4 Å². The number of benzene rings is 3. The maximum atomic E-state index is 12.7. The summed E-state index contributed by atoms with van der Waals surface area (Å²) in [5.41, 5.74) is 4.28. The first-order valence-electron chi connectivity index (χ1n) is 10.1. The van der Waals surface area contributed by atoms with Gasteiger partial charge in [0.05, 0.1) is 12.2 Å². The first-order chi connectivity index (χ1) is 16.4. The number of anilines is 1. The highest BCUT2D eigenvalue weighted by Crippen LogP contribution is 2.38. The Labute approximate surface area is 213 Å². The first kappa shape index (κ1) is 24.2. The van der Waals surface area contributed by atoms with E-state index in [0.29, 0.717) is 18.2 Å². The average Bonchev–Trinajstić information content (AvgIpc) is 3.34. The summed E-state index contributed by atoms with van der Waals surface area (Å²) in [7, 11) is -3.96. The zero-order chi connectivity index (χ0) is 24.3. The zero-order valence-corrected chi connectivity index (χ0v) is 22.1. The number of hydrogen-bond donors (Lipinski definition) is 0. The van der Waals surface area contributed by atoms with Crippen LogP contribution in [0.5, 0.6) is 5.75 Å². The van der Waals surface area contributed by atoms with E-state index >= 15 is 0 Å². The summed E-state index contributed by atoms with van der Waals surface area (Å²) < 4.78 is 32.8. The molecule has 7 nitrogen and oxygen atoms in total. The minimum Gasteiger partial charge on any atom is -0.379 e. The summed E-state index contributed by atoms with van der Waals surface area (Å²) >= 11 is 5.50. The van der Waals surface area contributed by atoms with Crippen molar-refractivity contribution in [3.63, 3.8) is 0 Å². The van der Waals surface area contributed by atoms with Crippen molar-refractivity contribution in [3.8, 4) is 11.4 Å². The first-order valence-corrected chi connectivity index (χ1v) is 15.3. The van der Waals surface area contributed by atoms with Crippen LogP contribution in [-0.2, 0) is 16.7 Å². The van der Waals surface area contributed by atoms with Crippen molar-refractivity contribution in [1.82, 2.24) is 14.8 Å². The van der Waals surface area contributed by atoms with Crippen molar-refractivity contribution >= 4 is 50.0 Å². The van der Waals surface area contributed by atoms with E-state index in [0.717, 1.165) is 22.4 Å². The molecular weight excluding hydrogens is 584 g/mol. The standard InChI is InChI=1S/C24H20N4O3S.Br2/c1-17-8-11-21(12-9-17)32(29,30)31-20-10-13-23-22(14-20)18(2)27(24-26-25-16-28(23)24)15-19-6-4-3-5-7-19;1-2/h3-14,16H,2,15H2,1H3;. The quantitative estimate of drug-likeness (QED) is 0.259. The summed E-state index contributed by atoms with van der Waals surface area (Å²) in [6, 6.07) is 21.6. The number of fused-ring (bicyclic) bond motifs is 3. The van der Waals surface area contributed by atoms with Gasteiger partial charge in [-0.1, -0.05) is 54.6 Å². The Kier molecular flexibility index (Phi) is 7.20. The van der Waals surface area contributed by atoms with Crippen LogP contribution in [0.3, 0.4) is 0 Å². The summed E-state index contributed by atoms with van der Waals surface area (Å²) in [6.07, 6.45) is 1.63. The van der Waals surface area contributed by atoms with Gasteiger partial charge >= 0.3 is 10.1 Å². The lowest BCUT2D eigenvalue weighted by molar-refractivity contribution is 0.486. The highest BCUT2D eigenvalue weighted by atomic mass is 80.9. The minimum absolute atomic E-state index is 0.103. The molecule has 0 saturated heterocycles. The van der Waals surface area contributed by atoms with E-state index in [4.69, 9.17) is 4.18 Å². The van der Waals surface area contributed by atoms with E-state index < -0.39 is 10.1 Å². The molecule has 10 heteroatoms. The fraction of sp³-hybridized carbons (Fsp3) is 0.0833. The highest BCUT2D eigenvalue weighted by Gasteiger charge is 2.28. The topological polar surface area (TPSA) is 77.3 Å². The molecular formula is C24H20Br2N4O3S. The molecule has 0 atom stereocenters. The van der Waals surface area contributed by atoms with Gasteiger partial charge in [0.15, 0.2) is 0 Å². The monoisotopic (exact) mass is 602 g/mol. The molecule has 1 aliphatic rings. The summed E-state index contributed by atoms with van der Waals surface area (Å²) in [4.78, 5) is 2.05. The van der Waals surface area contributed by atoms with Crippen LogP contribution in [0.25, 0.3) is 11.4 Å². The van der Waals surface area contributed by atoms with Gasteiger partial charge in [-0.2, -0.15) is 8.42 Å². The molecule has 0 radical (unpaired) electrons. The van der Waals surface area contributed by atoms with Gasteiger partial charge in [-0.15, -0.1) is 10.2 Å². The van der Waals surface area contributed by atoms with Gasteiger partial charge in [0.1, 0.15) is 17.0 Å². The Balaban J connectivity index is 0.00000133. The summed E-state index contributed by atoms with van der Waals surface area (Å²) in [6.45, 7) is 6.70. The molecule has 34 heavy (non-hydrogen) atoms. The van der Waals surface area contributed by atoms with Gasteiger partial charge in [0.2, 0.25) is 5.95 Å². The van der Waals surface area contributed by atoms with Crippen LogP contribution in [0.4, 0.5) is 5.95 Å². The molecule has 0 aliphatic carbocycles. The minimum atomic E-state index is -3.96. The van der Waals surface area contributed by atoms with Crippen molar-refractivity contribution in [3.05, 3.63) is 102 Å². The molecule has 0 spiro atoms. The largest absolute Gasteiger partial charge is 0.379 e. The Hall–Kier alpha value is -2.95. The molecule has 3 aromatic carbocycles. The van der Waals surface area contributed by atoms with Crippen molar-refractivity contribution in [1.29, 1.82) is 0 Å². The molecule has 0 saturated carbocycles. The lowest BCUT2D eigenvalue weighted by Gasteiger charge is -2.32. The number of halogens is 2. The number of hydrogen-bond acceptors (Lipinski definition) is 6. The Bertz CT molecular complexity index is 1420. The van der Waals surface area contributed by atoms with Gasteiger partial charge in [0, 0.05) is 39.5 Å². The Morgan fingerprint density at radius 2 is 1.71 bits per heavy atom. The van der Waals surface area contributed by atoms with Crippen LogP contribution >= 0.6 is 28.3 Å². The number of aromatic nitrogens is 3. The second kappa shape index (κ2) is 10.1. The highest BCUT2D eigenvalue weighted by molar-refractivity contribution is 9.93. The van der Waals surface area contributed by atoms with Gasteiger partial charge < -0.3 is 9.08 Å². The molecule has 0 fully saturated rings. The van der Waals surface area contributed by atoms with Crippen molar-refractivity contribution in [2.24, 2.45) is 0 Å². The Morgan fingerprint density at radius 1 is 1.00 bits per heavy atom. The molecule has 0 amide bonds. The predicted molar refractivity (Wildman–Crippen MR) is 140 cm³/mol. The normalized spacial score (nSPS) is 12.3. The van der Waals surface area contributed by atoms with Crippen LogP contribution in [0.15, 0.2) is 90.6 Å². The third kappa shape index (κ3) is 4.79. The fourth-order valence-electron chi connectivity index (χ4n) is 3.67. The van der Waals surface area contributed by atoms with E-state index in [1.54, 1.807) is 36.7 Å². The van der Waals surface area contributed by atoms with Crippen LogP contribution in [0.2, 0.25) is 0 Å². The number of rotatable bonds is 5. The van der Waals surface area contributed by atoms with E-state index in [1.165, 1.54) is 12.1 Å². The van der Waals surface area contributed by atoms with Gasteiger partial charge in [-0.25, -0.2) is 0 Å². The second-order valence-electron chi connectivity index (χ2n) is 7.55. The summed E-state index contributed by atoms with van der Waals surface area (Å²) in [5, 5.41) is 8.32. The molecule has 4 aromatic rings. The maximum absolute atomic E-state index is 12.7.